The fraction of sp³-hybridized carbons (Fsp3) is 0.0517. The van der Waals surface area contributed by atoms with Crippen molar-refractivity contribution < 1.29 is 0 Å². The number of hydrogen-bond donors (Lipinski definition) is 0. The zero-order valence-electron chi connectivity index (χ0n) is 62.1. The van der Waals surface area contributed by atoms with Crippen LogP contribution in [0.15, 0.2) is 158 Å². The summed E-state index contributed by atoms with van der Waals surface area (Å²) in [7, 11) is 0. The maximum Gasteiger partial charge on any atom is -0.00000246 e. The van der Waals surface area contributed by atoms with Crippen LogP contribution in [0.4, 0.5) is 0 Å². The van der Waals surface area contributed by atoms with Crippen molar-refractivity contribution in [1.82, 2.24) is 0 Å². The Morgan fingerprint density at radius 1 is 0.138 bits per heavy atom. The molecule has 0 spiro atoms. The van der Waals surface area contributed by atoms with E-state index < -0.39 is 0 Å². The zero-order valence-corrected chi connectivity index (χ0v) is 62.1. The lowest BCUT2D eigenvalue weighted by molar-refractivity contribution is 1.39. The molecule has 0 aliphatic heterocycles. The Hall–Kier alpha value is -14.3. The summed E-state index contributed by atoms with van der Waals surface area (Å²) in [6.45, 7) is 4.82. The van der Waals surface area contributed by atoms with Crippen molar-refractivity contribution in [2.24, 2.45) is 0 Å². The Bertz CT molecular complexity index is 11200. The van der Waals surface area contributed by atoms with Gasteiger partial charge in [-0.2, -0.15) is 0 Å². The Kier molecular flexibility index (Phi) is 6.67. The molecule has 0 heteroatoms. The Labute approximate surface area is 648 Å². The molecule has 0 amide bonds. The largest absolute Gasteiger partial charge is 0.0721 e. The van der Waals surface area contributed by atoms with Crippen molar-refractivity contribution in [3.8, 4) is 0 Å². The van der Waals surface area contributed by atoms with Gasteiger partial charge in [0.05, 0.1) is 0 Å². The Morgan fingerprint density at radius 3 is 0.638 bits per heavy atom. The molecule has 0 fully saturated rings. The van der Waals surface area contributed by atoms with Crippen LogP contribution in [0.3, 0.4) is 0 Å². The van der Waals surface area contributed by atoms with E-state index in [1.54, 1.807) is 0 Å². The molecule has 0 N–H and O–H groups in total. The smallest absolute Gasteiger partial charge is 0.00000246 e. The molecule has 0 atom stereocenters. The molecule has 0 saturated carbocycles. The van der Waals surface area contributed by atoms with Crippen LogP contribution in [0.5, 0.6) is 0 Å². The first-order valence-corrected chi connectivity index (χ1v) is 42.5. The van der Waals surface area contributed by atoms with Crippen molar-refractivity contribution in [3.05, 3.63) is 212 Å². The van der Waals surface area contributed by atoms with Crippen LogP contribution in [0.1, 0.15) is 33.4 Å². The Balaban J connectivity index is 0.799. The van der Waals surface area contributed by atoms with Gasteiger partial charge in [0.25, 0.3) is 0 Å². The van der Waals surface area contributed by atoms with E-state index in [4.69, 9.17) is 0 Å². The van der Waals surface area contributed by atoms with E-state index in [0.29, 0.717) is 0 Å². The first-order chi connectivity index (χ1) is 57.5. The molecule has 0 saturated heterocycles. The van der Waals surface area contributed by atoms with Gasteiger partial charge in [0.15, 0.2) is 0 Å². The van der Waals surface area contributed by atoms with E-state index in [1.807, 2.05) is 0 Å². The van der Waals surface area contributed by atoms with Crippen molar-refractivity contribution in [2.75, 3.05) is 0 Å². The molecule has 116 heavy (non-hydrogen) atoms. The number of hydrogen-bond acceptors (Lipinski definition) is 0. The second kappa shape index (κ2) is 14.8. The van der Waals surface area contributed by atoms with Gasteiger partial charge in [0.1, 0.15) is 0 Å². The van der Waals surface area contributed by atoms with E-state index in [0.717, 1.165) is 25.7 Å². The molecule has 0 unspecified atom stereocenters. The van der Waals surface area contributed by atoms with Gasteiger partial charge in [-0.3, -0.25) is 0 Å². The summed E-state index contributed by atoms with van der Waals surface area (Å²) >= 11 is 0. The molecule has 508 valence electrons. The van der Waals surface area contributed by atoms with Gasteiger partial charge in [-0.05, 0) is 507 Å². The molecular formula is C116H44. The molecule has 36 aromatic rings. The minimum Gasteiger partial charge on any atom is -0.0721 e. The summed E-state index contributed by atoms with van der Waals surface area (Å²) in [5.74, 6) is 0. The third-order valence-corrected chi connectivity index (χ3v) is 34.6. The number of benzene rings is 36. The number of aryl methyl sites for hydroxylation is 2. The highest BCUT2D eigenvalue weighted by molar-refractivity contribution is 6.70. The molecule has 4 aliphatic rings. The van der Waals surface area contributed by atoms with Gasteiger partial charge in [0, 0.05) is 0 Å². The van der Waals surface area contributed by atoms with Crippen LogP contribution in [0, 0.1) is 13.8 Å². The number of rotatable bonds is 0. The van der Waals surface area contributed by atoms with Crippen molar-refractivity contribution >= 4 is 401 Å². The standard InChI is InChI=1S/C116H44/c1-37-29-41-9-11-43-33-47-15-23-57-81-61-27-19-51-36-50-18-26-60-80-56-22-14-46-32-40-6-4-8-54-64-38(2)30-42-10-12-44-34-48-16-24-58-82-62-28-20-52-35-49-17-25-59-79-55-21-13-45-31-39-5-3-7-53-63(37)91-67(41)69(43)95-73(47)85(57)103(107-83(55)71(45)93(65(39)53)111(91)113(95)107)99(79)101(81)105-87(59)75(49)97-78(52)90(62)110-106(88(60)76(50)98-77(51)89(61)109(105)115(97)116(98)110)102(82)100(80)104-86(58)74(48)96-70(44)68(42)92(64)112-94(66(40)54)72(46)84(56)108(104)114(96)112/h3-22,27-36H,23-26H2,1-2H3. The van der Waals surface area contributed by atoms with Crippen molar-refractivity contribution in [1.29, 1.82) is 0 Å². The zero-order chi connectivity index (χ0) is 72.2. The number of fused-ring (bicyclic) bond motifs is 10. The van der Waals surface area contributed by atoms with Crippen molar-refractivity contribution in [2.45, 2.75) is 39.5 Å². The molecule has 0 aromatic heterocycles. The molecular weight excluding hydrogens is 1390 g/mol. The predicted molar refractivity (Wildman–Crippen MR) is 504 cm³/mol. The van der Waals surface area contributed by atoms with Crippen molar-refractivity contribution in [3.63, 3.8) is 0 Å². The molecule has 0 radical (unpaired) electrons. The van der Waals surface area contributed by atoms with E-state index in [2.05, 4.69) is 196 Å². The third-order valence-electron chi connectivity index (χ3n) is 34.6. The normalized spacial score (nSPS) is 15.6. The second-order valence-corrected chi connectivity index (χ2v) is 38.2. The van der Waals surface area contributed by atoms with E-state index in [-0.39, 0.29) is 0 Å². The summed E-state index contributed by atoms with van der Waals surface area (Å²) in [5, 5.41) is 109. The summed E-state index contributed by atoms with van der Waals surface area (Å²) < 4.78 is 0. The minimum atomic E-state index is 0.875. The van der Waals surface area contributed by atoms with Crippen LogP contribution in [0.2, 0.25) is 0 Å². The highest BCUT2D eigenvalue weighted by atomic mass is 14.5. The lowest BCUT2D eigenvalue weighted by atomic mass is 9.66. The molecule has 40 rings (SSSR count). The summed E-state index contributed by atoms with van der Waals surface area (Å²) in [6.07, 6.45) is 14.4. The minimum absolute atomic E-state index is 0.875. The quantitative estimate of drug-likeness (QED) is 0.105. The van der Waals surface area contributed by atoms with E-state index in [1.165, 1.54) is 431 Å². The molecule has 0 nitrogen and oxygen atoms in total. The topological polar surface area (TPSA) is 0 Å². The van der Waals surface area contributed by atoms with Gasteiger partial charge < -0.3 is 0 Å². The first kappa shape index (κ1) is 52.1. The maximum atomic E-state index is 2.73. The first-order valence-electron chi connectivity index (χ1n) is 42.5. The summed E-state index contributed by atoms with van der Waals surface area (Å²) in [4.78, 5) is 0. The molecule has 36 aromatic carbocycles. The maximum absolute atomic E-state index is 2.73. The van der Waals surface area contributed by atoms with Crippen LogP contribution in [-0.4, -0.2) is 0 Å². The fourth-order valence-electron chi connectivity index (χ4n) is 31.8. The SMILES string of the molecule is Cc1cc2ccc3cc4c5c6c(c7c8ccc9cc%10c%11c%12c(c%13c%14ccc%15cc%16cccc%17c%18c(C)cc%19ccc%20cc%21c%22c%23c(c%24c%25ccc%26cc%27c%28c%29c(c%30c%31ccc%32cc%33cccc%34c1c1c2c3c5c2c(c%31c%32c(c%33%34)c12)c6c%30c7c%29c1c8c9c%11c2c(c%25c%26c%28c12)c%12c%24c%13c%23c1c%14c%15c(c%16%17)c2c%18c%19c%20c%22c12)CC=%27)CC=%21)CC=%10)CC=4. The monoisotopic (exact) mass is 1440 g/mol. The predicted octanol–water partition coefficient (Wildman–Crippen LogP) is 28.8. The van der Waals surface area contributed by atoms with E-state index >= 15 is 0 Å². The van der Waals surface area contributed by atoms with Gasteiger partial charge in [-0.1, -0.05) is 146 Å². The van der Waals surface area contributed by atoms with Crippen LogP contribution >= 0.6 is 0 Å². The highest BCUT2D eigenvalue weighted by Crippen LogP contribution is 2.70. The summed E-state index contributed by atoms with van der Waals surface area (Å²) in [5.41, 5.74) is 8.91. The van der Waals surface area contributed by atoms with Crippen LogP contribution in [-0.2, 0) is 25.7 Å². The third kappa shape index (κ3) is 4.29. The molecule has 0 heterocycles. The fourth-order valence-corrected chi connectivity index (χ4v) is 31.8. The Morgan fingerprint density at radius 2 is 0.336 bits per heavy atom. The van der Waals surface area contributed by atoms with Gasteiger partial charge in [-0.25, -0.2) is 0 Å². The average molecular weight is 1440 g/mol. The van der Waals surface area contributed by atoms with Crippen LogP contribution < -0.4 is 20.9 Å². The van der Waals surface area contributed by atoms with Gasteiger partial charge >= 0.3 is 0 Å². The highest BCUT2D eigenvalue weighted by Gasteiger charge is 2.43. The lowest BCUT2D eigenvalue weighted by Gasteiger charge is -2.35. The lowest BCUT2D eigenvalue weighted by Crippen LogP contribution is -2.16. The molecule has 4 aliphatic carbocycles. The van der Waals surface area contributed by atoms with Gasteiger partial charge in [0.2, 0.25) is 0 Å². The van der Waals surface area contributed by atoms with E-state index in [9.17, 15) is 0 Å². The van der Waals surface area contributed by atoms with Crippen LogP contribution in [0.25, 0.3) is 401 Å². The second-order valence-electron chi connectivity index (χ2n) is 38.2. The average Bonchev–Trinajstić information content (AvgIpc) is 0.611. The van der Waals surface area contributed by atoms with Gasteiger partial charge in [-0.15, -0.1) is 0 Å². The molecule has 0 bridgehead atoms. The summed E-state index contributed by atoms with van der Waals surface area (Å²) in [6, 6.07) is 66.3.